The van der Waals surface area contributed by atoms with Gasteiger partial charge < -0.3 is 10.2 Å². The average Bonchev–Trinajstić information content (AvgIpc) is 3.16. The first-order valence-electron chi connectivity index (χ1n) is 10.7. The Hall–Kier alpha value is -2.17. The molecule has 0 unspecified atom stereocenters. The highest BCUT2D eigenvalue weighted by molar-refractivity contribution is 7.17. The number of carbonyl (C=O) groups excluding carboxylic acids is 1. The van der Waals surface area contributed by atoms with Crippen LogP contribution in [-0.4, -0.2) is 30.9 Å². The fourth-order valence-electron chi connectivity index (χ4n) is 4.17. The van der Waals surface area contributed by atoms with E-state index in [4.69, 9.17) is 0 Å². The average molecular weight is 407 g/mol. The van der Waals surface area contributed by atoms with Gasteiger partial charge in [-0.25, -0.2) is 0 Å². The van der Waals surface area contributed by atoms with Crippen LogP contribution in [0.1, 0.15) is 60.0 Å². The molecule has 4 heteroatoms. The van der Waals surface area contributed by atoms with Crippen LogP contribution in [0, 0.1) is 0 Å². The van der Waals surface area contributed by atoms with Crippen molar-refractivity contribution in [3.63, 3.8) is 0 Å². The normalized spacial score (nSPS) is 15.7. The monoisotopic (exact) mass is 406 g/mol. The summed E-state index contributed by atoms with van der Waals surface area (Å²) >= 11 is 1.81. The van der Waals surface area contributed by atoms with Gasteiger partial charge in [0.2, 0.25) is 0 Å². The highest BCUT2D eigenvalue weighted by atomic mass is 32.1. The van der Waals surface area contributed by atoms with Crippen LogP contribution in [0.15, 0.2) is 47.8 Å². The number of carbonyl (C=O) groups is 1. The summed E-state index contributed by atoms with van der Waals surface area (Å²) in [7, 11) is 2.20. The maximum absolute atomic E-state index is 12.7. The van der Waals surface area contributed by atoms with Crippen LogP contribution in [0.2, 0.25) is 0 Å². The molecule has 1 aliphatic rings. The fourth-order valence-corrected chi connectivity index (χ4v) is 5.19. The van der Waals surface area contributed by atoms with Gasteiger partial charge in [-0.15, -0.1) is 11.3 Å². The lowest BCUT2D eigenvalue weighted by molar-refractivity contribution is 0.102. The molecule has 1 saturated heterocycles. The molecule has 3 aromatic rings. The number of hydrogen-bond donors (Lipinski definition) is 1. The van der Waals surface area contributed by atoms with Crippen LogP contribution in [0.25, 0.3) is 10.1 Å². The number of thiophene rings is 1. The third kappa shape index (κ3) is 4.71. The van der Waals surface area contributed by atoms with Crippen LogP contribution in [0.5, 0.6) is 0 Å². The minimum Gasteiger partial charge on any atom is -0.322 e. The van der Waals surface area contributed by atoms with E-state index in [0.29, 0.717) is 11.5 Å². The number of rotatable bonds is 6. The summed E-state index contributed by atoms with van der Waals surface area (Å²) < 4.78 is 1.30. The molecule has 4 rings (SSSR count). The topological polar surface area (TPSA) is 32.3 Å². The smallest absolute Gasteiger partial charge is 0.255 e. The maximum Gasteiger partial charge on any atom is 0.255 e. The quantitative estimate of drug-likeness (QED) is 0.520. The zero-order chi connectivity index (χ0) is 20.2. The molecule has 0 atom stereocenters. The standard InChI is InChI=1S/C25H30N2OS/c1-3-4-5-18-6-8-20(9-7-18)25(28)26-21-10-11-24-22(16-21)23(17-29-24)19-12-14-27(2)15-13-19/h6-11,16-17,19H,3-5,12-15H2,1-2H3,(H,26,28). The van der Waals surface area contributed by atoms with Crippen molar-refractivity contribution in [2.75, 3.05) is 25.5 Å². The third-order valence-corrected chi connectivity index (χ3v) is 7.04. The molecule has 0 spiro atoms. The summed E-state index contributed by atoms with van der Waals surface area (Å²) in [5, 5.41) is 6.72. The summed E-state index contributed by atoms with van der Waals surface area (Å²) in [5.74, 6) is 0.587. The molecule has 2 aromatic carbocycles. The Labute approximate surface area is 177 Å². The van der Waals surface area contributed by atoms with Crippen LogP contribution in [-0.2, 0) is 6.42 Å². The number of unbranched alkanes of at least 4 members (excludes halogenated alkanes) is 1. The molecule has 1 aromatic heterocycles. The van der Waals surface area contributed by atoms with Gasteiger partial charge in [0.1, 0.15) is 0 Å². The molecule has 0 saturated carbocycles. The Kier molecular flexibility index (Phi) is 6.31. The van der Waals surface area contributed by atoms with Gasteiger partial charge in [0.15, 0.2) is 0 Å². The number of likely N-dealkylation sites (tertiary alicyclic amines) is 1. The largest absolute Gasteiger partial charge is 0.322 e. The lowest BCUT2D eigenvalue weighted by atomic mass is 9.89. The number of hydrogen-bond acceptors (Lipinski definition) is 3. The van der Waals surface area contributed by atoms with E-state index >= 15 is 0 Å². The van der Waals surface area contributed by atoms with Crippen molar-refractivity contribution in [1.29, 1.82) is 0 Å². The molecule has 1 N–H and O–H groups in total. The first kappa shape index (κ1) is 20.1. The molecular formula is C25H30N2OS. The molecule has 1 aliphatic heterocycles. The van der Waals surface area contributed by atoms with Crippen molar-refractivity contribution in [2.45, 2.75) is 44.9 Å². The zero-order valence-electron chi connectivity index (χ0n) is 17.4. The second-order valence-corrected chi connectivity index (χ2v) is 9.15. The predicted molar refractivity (Wildman–Crippen MR) is 124 cm³/mol. The fraction of sp³-hybridized carbons (Fsp3) is 0.400. The van der Waals surface area contributed by atoms with E-state index in [-0.39, 0.29) is 5.91 Å². The van der Waals surface area contributed by atoms with Gasteiger partial charge in [-0.3, -0.25) is 4.79 Å². The Bertz CT molecular complexity index is 968. The van der Waals surface area contributed by atoms with Crippen LogP contribution < -0.4 is 5.32 Å². The van der Waals surface area contributed by atoms with Crippen molar-refractivity contribution >= 4 is 33.0 Å². The Balaban J connectivity index is 1.49. The van der Waals surface area contributed by atoms with Gasteiger partial charge in [-0.2, -0.15) is 0 Å². The van der Waals surface area contributed by atoms with E-state index in [2.05, 4.69) is 53.8 Å². The summed E-state index contributed by atoms with van der Waals surface area (Å²) in [4.78, 5) is 15.1. The number of amides is 1. The molecule has 29 heavy (non-hydrogen) atoms. The number of fused-ring (bicyclic) bond motifs is 1. The Morgan fingerprint density at radius 2 is 1.90 bits per heavy atom. The van der Waals surface area contributed by atoms with Crippen molar-refractivity contribution in [3.8, 4) is 0 Å². The van der Waals surface area contributed by atoms with E-state index in [1.54, 1.807) is 0 Å². The zero-order valence-corrected chi connectivity index (χ0v) is 18.2. The highest BCUT2D eigenvalue weighted by Crippen LogP contribution is 2.37. The molecule has 3 nitrogen and oxygen atoms in total. The van der Waals surface area contributed by atoms with Gasteiger partial charge in [-0.1, -0.05) is 25.5 Å². The highest BCUT2D eigenvalue weighted by Gasteiger charge is 2.21. The van der Waals surface area contributed by atoms with Crippen molar-refractivity contribution in [2.24, 2.45) is 0 Å². The number of nitrogens with one attached hydrogen (secondary N) is 1. The maximum atomic E-state index is 12.7. The van der Waals surface area contributed by atoms with Gasteiger partial charge in [0.05, 0.1) is 0 Å². The number of piperidine rings is 1. The minimum absolute atomic E-state index is 0.0394. The summed E-state index contributed by atoms with van der Waals surface area (Å²) in [6, 6.07) is 14.3. The number of nitrogens with zero attached hydrogens (tertiary/aromatic N) is 1. The van der Waals surface area contributed by atoms with Crippen LogP contribution in [0.3, 0.4) is 0 Å². The Morgan fingerprint density at radius 1 is 1.14 bits per heavy atom. The number of benzene rings is 2. The molecule has 2 heterocycles. The molecule has 0 bridgehead atoms. The summed E-state index contributed by atoms with van der Waals surface area (Å²) in [5.41, 5.74) is 4.34. The molecule has 0 radical (unpaired) electrons. The first-order valence-corrected chi connectivity index (χ1v) is 11.6. The predicted octanol–water partition coefficient (Wildman–Crippen LogP) is 6.31. The van der Waals surface area contributed by atoms with Crippen LogP contribution in [0.4, 0.5) is 5.69 Å². The molecule has 1 fully saturated rings. The number of aryl methyl sites for hydroxylation is 1. The summed E-state index contributed by atoms with van der Waals surface area (Å²) in [6.07, 6.45) is 5.87. The lowest BCUT2D eigenvalue weighted by Gasteiger charge is -2.28. The molecule has 0 aliphatic carbocycles. The second kappa shape index (κ2) is 9.10. The van der Waals surface area contributed by atoms with Gasteiger partial charge in [0, 0.05) is 16.0 Å². The SMILES string of the molecule is CCCCc1ccc(C(=O)Nc2ccc3scc(C4CCN(C)CC4)c3c2)cc1. The van der Waals surface area contributed by atoms with E-state index in [1.807, 2.05) is 29.5 Å². The number of anilines is 1. The minimum atomic E-state index is -0.0394. The van der Waals surface area contributed by atoms with Crippen molar-refractivity contribution in [3.05, 3.63) is 64.5 Å². The third-order valence-electron chi connectivity index (χ3n) is 6.05. The van der Waals surface area contributed by atoms with Crippen molar-refractivity contribution in [1.82, 2.24) is 4.90 Å². The van der Waals surface area contributed by atoms with Gasteiger partial charge in [0.25, 0.3) is 5.91 Å². The second-order valence-electron chi connectivity index (χ2n) is 8.23. The molecular weight excluding hydrogens is 376 g/mol. The van der Waals surface area contributed by atoms with E-state index in [1.165, 1.54) is 46.9 Å². The van der Waals surface area contributed by atoms with Gasteiger partial charge >= 0.3 is 0 Å². The van der Waals surface area contributed by atoms with E-state index < -0.39 is 0 Å². The lowest BCUT2D eigenvalue weighted by Crippen LogP contribution is -2.29. The summed E-state index contributed by atoms with van der Waals surface area (Å²) in [6.45, 7) is 4.52. The molecule has 1 amide bonds. The Morgan fingerprint density at radius 3 is 2.62 bits per heavy atom. The van der Waals surface area contributed by atoms with E-state index in [0.717, 1.165) is 25.2 Å². The first-order chi connectivity index (χ1) is 14.1. The van der Waals surface area contributed by atoms with Crippen molar-refractivity contribution < 1.29 is 4.79 Å². The molecule has 152 valence electrons. The van der Waals surface area contributed by atoms with Gasteiger partial charge in [-0.05, 0) is 104 Å². The van der Waals surface area contributed by atoms with Crippen LogP contribution >= 0.6 is 11.3 Å². The van der Waals surface area contributed by atoms with E-state index in [9.17, 15) is 4.79 Å².